The molecule has 0 heterocycles. The number of carboxylic acids is 1. The van der Waals surface area contributed by atoms with Crippen LogP contribution in [-0.4, -0.2) is 48.8 Å². The highest BCUT2D eigenvalue weighted by molar-refractivity contribution is 5.81. The Hall–Kier alpha value is -1.31. The van der Waals surface area contributed by atoms with Crippen molar-refractivity contribution in [1.82, 2.24) is 5.32 Å². The van der Waals surface area contributed by atoms with E-state index >= 15 is 0 Å². The molecule has 0 aliphatic carbocycles. The van der Waals surface area contributed by atoms with Gasteiger partial charge in [-0.2, -0.15) is 13.2 Å². The Labute approximate surface area is 96.8 Å². The van der Waals surface area contributed by atoms with Crippen molar-refractivity contribution in [2.75, 3.05) is 26.3 Å². The lowest BCUT2D eigenvalue weighted by Gasteiger charge is -2.36. The van der Waals surface area contributed by atoms with E-state index in [1.165, 1.54) is 0 Å². The Bertz CT molecular complexity index is 288. The van der Waals surface area contributed by atoms with Gasteiger partial charge in [-0.25, -0.2) is 0 Å². The van der Waals surface area contributed by atoms with Crippen LogP contribution >= 0.6 is 0 Å². The number of quaternary nitrogens is 1. The van der Waals surface area contributed by atoms with Gasteiger partial charge in [0.05, 0.1) is 19.1 Å². The summed E-state index contributed by atoms with van der Waals surface area (Å²) in [5.41, 5.74) is 0. The first-order valence-corrected chi connectivity index (χ1v) is 5.07. The fourth-order valence-electron chi connectivity index (χ4n) is 1.34. The molecule has 5 nitrogen and oxygen atoms in total. The van der Waals surface area contributed by atoms with Crippen LogP contribution in [0.3, 0.4) is 0 Å². The van der Waals surface area contributed by atoms with Crippen LogP contribution in [0, 0.1) is 0 Å². The molecule has 1 amide bonds. The Morgan fingerprint density at radius 1 is 1.24 bits per heavy atom. The van der Waals surface area contributed by atoms with Crippen molar-refractivity contribution in [3.05, 3.63) is 0 Å². The van der Waals surface area contributed by atoms with Crippen molar-refractivity contribution in [3.8, 4) is 0 Å². The molecular formula is C9H15F3N2O3. The van der Waals surface area contributed by atoms with E-state index in [-0.39, 0.29) is 24.2 Å². The van der Waals surface area contributed by atoms with Gasteiger partial charge in [-0.1, -0.05) is 0 Å². The lowest BCUT2D eigenvalue weighted by molar-refractivity contribution is -0.921. The lowest BCUT2D eigenvalue weighted by atomic mass is 10.3. The minimum Gasteiger partial charge on any atom is -0.544 e. The van der Waals surface area contributed by atoms with E-state index in [0.717, 1.165) is 0 Å². The highest BCUT2D eigenvalue weighted by Gasteiger charge is 2.40. The van der Waals surface area contributed by atoms with E-state index in [4.69, 9.17) is 0 Å². The molecule has 0 atom stereocenters. The van der Waals surface area contributed by atoms with Crippen molar-refractivity contribution < 1.29 is 32.3 Å². The number of rotatable bonds is 6. The summed E-state index contributed by atoms with van der Waals surface area (Å²) in [6.45, 7) is 2.99. The normalized spacial score (nSPS) is 12.3. The zero-order valence-corrected chi connectivity index (χ0v) is 9.63. The number of amides is 1. The summed E-state index contributed by atoms with van der Waals surface area (Å²) in [4.78, 5) is 21.1. The van der Waals surface area contributed by atoms with E-state index in [0.29, 0.717) is 0 Å². The number of aliphatic carboxylic acids is 1. The maximum atomic E-state index is 11.9. The van der Waals surface area contributed by atoms with Crippen LogP contribution in [0.25, 0.3) is 0 Å². The molecule has 0 radical (unpaired) electrons. The molecule has 0 saturated carbocycles. The summed E-state index contributed by atoms with van der Waals surface area (Å²) in [6, 6.07) is 0. The average molecular weight is 256 g/mol. The number of hydrogen-bond acceptors (Lipinski definition) is 3. The van der Waals surface area contributed by atoms with Gasteiger partial charge < -0.3 is 19.7 Å². The van der Waals surface area contributed by atoms with Gasteiger partial charge in [-0.15, -0.1) is 0 Å². The first-order chi connectivity index (χ1) is 7.67. The van der Waals surface area contributed by atoms with Crippen molar-refractivity contribution >= 4 is 11.9 Å². The molecule has 8 heteroatoms. The van der Waals surface area contributed by atoms with Gasteiger partial charge in [0, 0.05) is 0 Å². The second kappa shape index (κ2) is 5.85. The van der Waals surface area contributed by atoms with Gasteiger partial charge >= 0.3 is 12.1 Å². The molecule has 0 aromatic carbocycles. The molecule has 1 N–H and O–H groups in total. The topological polar surface area (TPSA) is 69.2 Å². The Morgan fingerprint density at radius 3 is 2.00 bits per heavy atom. The molecule has 0 unspecified atom stereocenters. The Kier molecular flexibility index (Phi) is 5.40. The Morgan fingerprint density at radius 2 is 1.71 bits per heavy atom. The quantitative estimate of drug-likeness (QED) is 0.501. The number of nitrogens with one attached hydrogen (secondary N) is 1. The monoisotopic (exact) mass is 256 g/mol. The second-order valence-electron chi connectivity index (χ2n) is 3.67. The zero-order valence-electron chi connectivity index (χ0n) is 9.63. The largest absolute Gasteiger partial charge is 0.544 e. The summed E-state index contributed by atoms with van der Waals surface area (Å²) >= 11 is 0. The van der Waals surface area contributed by atoms with Crippen LogP contribution in [0.5, 0.6) is 0 Å². The summed E-state index contributed by atoms with van der Waals surface area (Å²) < 4.78 is 35.7. The van der Waals surface area contributed by atoms with Gasteiger partial charge in [-0.3, -0.25) is 4.79 Å². The van der Waals surface area contributed by atoms with Crippen molar-refractivity contribution in [2.24, 2.45) is 0 Å². The maximum absolute atomic E-state index is 11.9. The molecule has 0 aliphatic heterocycles. The van der Waals surface area contributed by atoms with Crippen LogP contribution in [-0.2, 0) is 9.59 Å². The number of likely N-dealkylation sites (N-methyl/N-ethyl adjacent to an activating group) is 1. The second-order valence-corrected chi connectivity index (χ2v) is 3.67. The number of carbonyl (C=O) groups is 2. The molecule has 0 aromatic rings. The molecule has 0 bridgehead atoms. The number of nitrogens with zero attached hydrogens (tertiary/aromatic N) is 1. The third-order valence-electron chi connectivity index (χ3n) is 2.64. The molecule has 0 aliphatic rings. The standard InChI is InChI=1S/C9H15F3N2O3/c1-3-14(4-2,5-7(15)16)6-13-8(17)9(10,11)12/h3-6H2,1-2H3,(H-,13,15,16,17). The fourth-order valence-corrected chi connectivity index (χ4v) is 1.34. The van der Waals surface area contributed by atoms with Crippen LogP contribution in [0.4, 0.5) is 13.2 Å². The number of carbonyl (C=O) groups excluding carboxylic acids is 2. The van der Waals surface area contributed by atoms with Crippen molar-refractivity contribution in [3.63, 3.8) is 0 Å². The summed E-state index contributed by atoms with van der Waals surface area (Å²) in [5, 5.41) is 12.2. The molecule has 0 saturated heterocycles. The first-order valence-electron chi connectivity index (χ1n) is 5.07. The highest BCUT2D eigenvalue weighted by Crippen LogP contribution is 2.14. The van der Waals surface area contributed by atoms with Crippen LogP contribution in [0.15, 0.2) is 0 Å². The van der Waals surface area contributed by atoms with E-state index in [1.807, 2.05) is 0 Å². The van der Waals surface area contributed by atoms with Crippen molar-refractivity contribution in [2.45, 2.75) is 20.0 Å². The first kappa shape index (κ1) is 15.7. The lowest BCUT2D eigenvalue weighted by Crippen LogP contribution is -2.59. The minimum atomic E-state index is -4.96. The zero-order chi connectivity index (χ0) is 13.7. The van der Waals surface area contributed by atoms with Crippen molar-refractivity contribution in [1.29, 1.82) is 0 Å². The molecular weight excluding hydrogens is 241 g/mol. The summed E-state index contributed by atoms with van der Waals surface area (Å²) in [7, 11) is 0. The van der Waals surface area contributed by atoms with Gasteiger partial charge in [-0.05, 0) is 13.8 Å². The van der Waals surface area contributed by atoms with Gasteiger partial charge in [0.2, 0.25) is 0 Å². The smallest absolute Gasteiger partial charge is 0.471 e. The number of carboxylic acid groups (broad SMARTS) is 1. The van der Waals surface area contributed by atoms with E-state index in [9.17, 15) is 27.9 Å². The average Bonchev–Trinajstić information content (AvgIpc) is 2.22. The van der Waals surface area contributed by atoms with E-state index < -0.39 is 24.6 Å². The summed E-state index contributed by atoms with van der Waals surface area (Å²) in [5.74, 6) is -3.43. The third kappa shape index (κ3) is 5.03. The Balaban J connectivity index is 4.57. The molecule has 0 rings (SSSR count). The number of halogens is 3. The predicted molar refractivity (Wildman–Crippen MR) is 50.3 cm³/mol. The molecule has 0 fully saturated rings. The number of hydrogen-bond donors (Lipinski definition) is 1. The SMILES string of the molecule is CC[N+](CC)(CNC(=O)C(F)(F)F)CC(=O)[O-]. The van der Waals surface area contributed by atoms with Gasteiger partial charge in [0.25, 0.3) is 0 Å². The minimum absolute atomic E-state index is 0.190. The van der Waals surface area contributed by atoms with E-state index in [1.54, 1.807) is 19.2 Å². The van der Waals surface area contributed by atoms with Gasteiger partial charge in [0.15, 0.2) is 6.67 Å². The van der Waals surface area contributed by atoms with Crippen LogP contribution < -0.4 is 10.4 Å². The highest BCUT2D eigenvalue weighted by atomic mass is 19.4. The number of alkyl halides is 3. The predicted octanol–water partition coefficient (Wildman–Crippen LogP) is -0.771. The molecule has 100 valence electrons. The fraction of sp³-hybridized carbons (Fsp3) is 0.778. The van der Waals surface area contributed by atoms with E-state index in [2.05, 4.69) is 0 Å². The third-order valence-corrected chi connectivity index (χ3v) is 2.64. The summed E-state index contributed by atoms with van der Waals surface area (Å²) in [6.07, 6.45) is -4.96. The van der Waals surface area contributed by atoms with Crippen LogP contribution in [0.1, 0.15) is 13.8 Å². The molecule has 17 heavy (non-hydrogen) atoms. The molecule has 0 spiro atoms. The van der Waals surface area contributed by atoms with Gasteiger partial charge in [0.1, 0.15) is 6.54 Å². The maximum Gasteiger partial charge on any atom is 0.471 e. The van der Waals surface area contributed by atoms with Crippen LogP contribution in [0.2, 0.25) is 0 Å². The molecule has 0 aromatic heterocycles.